The average Bonchev–Trinajstić information content (AvgIpc) is 2.74. The molecule has 1 aliphatic rings. The van der Waals surface area contributed by atoms with E-state index in [1.807, 2.05) is 24.3 Å². The number of anilines is 1. The van der Waals surface area contributed by atoms with Gasteiger partial charge in [0.25, 0.3) is 0 Å². The van der Waals surface area contributed by atoms with Crippen LogP contribution in [-0.2, 0) is 4.79 Å². The molecule has 2 N–H and O–H groups in total. The first-order chi connectivity index (χ1) is 9.56. The minimum absolute atomic E-state index is 0.175. The molecule has 1 amide bonds. The van der Waals surface area contributed by atoms with Crippen LogP contribution in [0.1, 0.15) is 17.0 Å². The highest BCUT2D eigenvalue weighted by molar-refractivity contribution is 14.1. The number of amides is 1. The Hall–Kier alpha value is -1.40. The van der Waals surface area contributed by atoms with Gasteiger partial charge in [-0.1, -0.05) is 23.7 Å². The molecule has 3 nitrogen and oxygen atoms in total. The van der Waals surface area contributed by atoms with Crippen molar-refractivity contribution in [2.24, 2.45) is 0 Å². The van der Waals surface area contributed by atoms with E-state index in [1.165, 1.54) is 0 Å². The number of hydrogen-bond donors (Lipinski definition) is 2. The standard InChI is InChI=1S/C15H10ClIN2O/c16-9-3-6-12-11(7-9)13(15(20)19-12)14(18)8-1-4-10(17)5-2-8/h1-7,13,18H,(H,19,20). The van der Waals surface area contributed by atoms with Gasteiger partial charge in [0.1, 0.15) is 5.92 Å². The van der Waals surface area contributed by atoms with Gasteiger partial charge < -0.3 is 10.7 Å². The monoisotopic (exact) mass is 396 g/mol. The van der Waals surface area contributed by atoms with E-state index in [-0.39, 0.29) is 5.91 Å². The average molecular weight is 397 g/mol. The van der Waals surface area contributed by atoms with Gasteiger partial charge in [0.05, 0.1) is 5.71 Å². The molecule has 0 fully saturated rings. The minimum atomic E-state index is -0.594. The van der Waals surface area contributed by atoms with E-state index in [4.69, 9.17) is 17.0 Å². The Labute approximate surface area is 135 Å². The van der Waals surface area contributed by atoms with Crippen LogP contribution in [0.4, 0.5) is 5.69 Å². The van der Waals surface area contributed by atoms with E-state index in [1.54, 1.807) is 18.2 Å². The summed E-state index contributed by atoms with van der Waals surface area (Å²) in [5.41, 5.74) is 2.55. The molecule has 5 heteroatoms. The van der Waals surface area contributed by atoms with Gasteiger partial charge in [0.15, 0.2) is 0 Å². The molecule has 100 valence electrons. The van der Waals surface area contributed by atoms with Crippen molar-refractivity contribution in [1.29, 1.82) is 5.41 Å². The van der Waals surface area contributed by atoms with Crippen LogP contribution in [0.3, 0.4) is 0 Å². The highest BCUT2D eigenvalue weighted by Crippen LogP contribution is 2.36. The molecule has 0 aliphatic carbocycles. The van der Waals surface area contributed by atoms with E-state index in [0.717, 1.165) is 20.4 Å². The van der Waals surface area contributed by atoms with Crippen molar-refractivity contribution in [3.63, 3.8) is 0 Å². The molecule has 0 spiro atoms. The molecular weight excluding hydrogens is 387 g/mol. The molecule has 1 atom stereocenters. The lowest BCUT2D eigenvalue weighted by molar-refractivity contribution is -0.115. The second-order valence-corrected chi connectivity index (χ2v) is 6.26. The molecule has 2 aromatic carbocycles. The van der Waals surface area contributed by atoms with E-state index in [0.29, 0.717) is 10.7 Å². The summed E-state index contributed by atoms with van der Waals surface area (Å²) in [6, 6.07) is 12.8. The number of fused-ring (bicyclic) bond motifs is 1. The van der Waals surface area contributed by atoms with Crippen LogP contribution in [0.15, 0.2) is 42.5 Å². The Morgan fingerprint density at radius 2 is 1.90 bits per heavy atom. The quantitative estimate of drug-likeness (QED) is 0.584. The molecule has 3 rings (SSSR count). The van der Waals surface area contributed by atoms with Crippen molar-refractivity contribution in [2.45, 2.75) is 5.92 Å². The topological polar surface area (TPSA) is 53.0 Å². The van der Waals surface area contributed by atoms with Crippen LogP contribution >= 0.6 is 34.2 Å². The van der Waals surface area contributed by atoms with Gasteiger partial charge >= 0.3 is 0 Å². The summed E-state index contributed by atoms with van der Waals surface area (Å²) in [5.74, 6) is -0.769. The van der Waals surface area contributed by atoms with Crippen LogP contribution in [0.2, 0.25) is 5.02 Å². The summed E-state index contributed by atoms with van der Waals surface area (Å²) < 4.78 is 1.10. The first-order valence-corrected chi connectivity index (χ1v) is 7.46. The van der Waals surface area contributed by atoms with E-state index >= 15 is 0 Å². The number of halogens is 2. The molecule has 2 aromatic rings. The van der Waals surface area contributed by atoms with E-state index in [2.05, 4.69) is 27.9 Å². The van der Waals surface area contributed by atoms with Gasteiger partial charge in [-0.15, -0.1) is 0 Å². The zero-order valence-electron chi connectivity index (χ0n) is 10.3. The summed E-state index contributed by atoms with van der Waals surface area (Å²) in [6.07, 6.45) is 0. The molecule has 0 saturated heterocycles. The lowest BCUT2D eigenvalue weighted by Crippen LogP contribution is -2.21. The van der Waals surface area contributed by atoms with Gasteiger partial charge in [0.2, 0.25) is 5.91 Å². The van der Waals surface area contributed by atoms with Gasteiger partial charge in [-0.05, 0) is 64.0 Å². The molecule has 0 bridgehead atoms. The van der Waals surface area contributed by atoms with Gasteiger partial charge in [0, 0.05) is 14.3 Å². The number of benzene rings is 2. The summed E-state index contributed by atoms with van der Waals surface area (Å²) >= 11 is 8.21. The molecule has 1 unspecified atom stereocenters. The predicted molar refractivity (Wildman–Crippen MR) is 88.8 cm³/mol. The number of carbonyl (C=O) groups is 1. The van der Waals surface area contributed by atoms with Crippen molar-refractivity contribution in [2.75, 3.05) is 5.32 Å². The Balaban J connectivity index is 2.02. The highest BCUT2D eigenvalue weighted by atomic mass is 127. The first-order valence-electron chi connectivity index (χ1n) is 6.01. The van der Waals surface area contributed by atoms with Gasteiger partial charge in [-0.25, -0.2) is 0 Å². The van der Waals surface area contributed by atoms with Gasteiger partial charge in [-0.3, -0.25) is 4.79 Å². The zero-order chi connectivity index (χ0) is 14.3. The molecule has 0 aromatic heterocycles. The number of carbonyl (C=O) groups excluding carboxylic acids is 1. The molecule has 20 heavy (non-hydrogen) atoms. The Morgan fingerprint density at radius 1 is 1.20 bits per heavy atom. The molecular formula is C15H10ClIN2O. The summed E-state index contributed by atoms with van der Waals surface area (Å²) in [5, 5.41) is 11.7. The fourth-order valence-corrected chi connectivity index (χ4v) is 2.86. The smallest absolute Gasteiger partial charge is 0.238 e. The number of nitrogens with one attached hydrogen (secondary N) is 2. The maximum Gasteiger partial charge on any atom is 0.238 e. The predicted octanol–water partition coefficient (Wildman–Crippen LogP) is 4.05. The lowest BCUT2D eigenvalue weighted by atomic mass is 9.91. The van der Waals surface area contributed by atoms with Gasteiger partial charge in [-0.2, -0.15) is 0 Å². The lowest BCUT2D eigenvalue weighted by Gasteiger charge is -2.11. The highest BCUT2D eigenvalue weighted by Gasteiger charge is 2.34. The second kappa shape index (κ2) is 5.18. The maximum absolute atomic E-state index is 12.1. The third-order valence-electron chi connectivity index (χ3n) is 3.29. The van der Waals surface area contributed by atoms with Crippen LogP contribution < -0.4 is 5.32 Å². The second-order valence-electron chi connectivity index (χ2n) is 4.57. The molecule has 1 heterocycles. The number of rotatable bonds is 2. The third-order valence-corrected chi connectivity index (χ3v) is 4.24. The maximum atomic E-state index is 12.1. The van der Waals surface area contributed by atoms with E-state index in [9.17, 15) is 4.79 Å². The van der Waals surface area contributed by atoms with Crippen molar-refractivity contribution < 1.29 is 4.79 Å². The van der Waals surface area contributed by atoms with Crippen LogP contribution in [0.25, 0.3) is 0 Å². The summed E-state index contributed by atoms with van der Waals surface area (Å²) in [7, 11) is 0. The molecule has 0 saturated carbocycles. The molecule has 0 radical (unpaired) electrons. The fraction of sp³-hybridized carbons (Fsp3) is 0.0667. The van der Waals surface area contributed by atoms with Crippen molar-refractivity contribution in [1.82, 2.24) is 0 Å². The van der Waals surface area contributed by atoms with Crippen LogP contribution in [0, 0.1) is 8.98 Å². The van der Waals surface area contributed by atoms with Crippen molar-refractivity contribution >= 4 is 51.5 Å². The Bertz CT molecular complexity index is 712. The van der Waals surface area contributed by atoms with Crippen molar-refractivity contribution in [3.8, 4) is 0 Å². The minimum Gasteiger partial charge on any atom is -0.325 e. The van der Waals surface area contributed by atoms with Crippen LogP contribution in [-0.4, -0.2) is 11.6 Å². The number of hydrogen-bond acceptors (Lipinski definition) is 2. The Kier molecular flexibility index (Phi) is 3.52. The summed E-state index contributed by atoms with van der Waals surface area (Å²) in [6.45, 7) is 0. The normalized spacial score (nSPS) is 16.7. The van der Waals surface area contributed by atoms with E-state index < -0.39 is 5.92 Å². The SMILES string of the molecule is N=C(c1ccc(I)cc1)C1C(=O)Nc2ccc(Cl)cc21. The zero-order valence-corrected chi connectivity index (χ0v) is 13.2. The van der Waals surface area contributed by atoms with Crippen molar-refractivity contribution in [3.05, 3.63) is 62.2 Å². The third kappa shape index (κ3) is 2.33. The first kappa shape index (κ1) is 13.6. The summed E-state index contributed by atoms with van der Waals surface area (Å²) in [4.78, 5) is 12.1. The fourth-order valence-electron chi connectivity index (χ4n) is 2.32. The van der Waals surface area contributed by atoms with Crippen LogP contribution in [0.5, 0.6) is 0 Å². The Morgan fingerprint density at radius 3 is 2.60 bits per heavy atom. The largest absolute Gasteiger partial charge is 0.325 e. The molecule has 1 aliphatic heterocycles.